The van der Waals surface area contributed by atoms with Crippen LogP contribution in [0.4, 0.5) is 0 Å². The summed E-state index contributed by atoms with van der Waals surface area (Å²) in [5, 5.41) is 0. The molecule has 1 aliphatic rings. The molecule has 0 spiro atoms. The molecule has 14 heavy (non-hydrogen) atoms. The van der Waals surface area contributed by atoms with Crippen molar-refractivity contribution in [2.24, 2.45) is 0 Å². The molecule has 0 saturated carbocycles. The van der Waals surface area contributed by atoms with Crippen molar-refractivity contribution >= 4 is 0 Å². The Morgan fingerprint density at radius 2 is 2.00 bits per heavy atom. The van der Waals surface area contributed by atoms with E-state index < -0.39 is 5.79 Å². The molecule has 0 aromatic heterocycles. The van der Waals surface area contributed by atoms with Crippen molar-refractivity contribution in [3.05, 3.63) is 12.7 Å². The van der Waals surface area contributed by atoms with Crippen molar-refractivity contribution in [2.45, 2.75) is 64.4 Å². The van der Waals surface area contributed by atoms with Gasteiger partial charge in [0.2, 0.25) is 0 Å². The van der Waals surface area contributed by atoms with E-state index in [0.29, 0.717) is 0 Å². The lowest BCUT2D eigenvalue weighted by atomic mass is 10.1. The number of hydrogen-bond acceptors (Lipinski definition) is 2. The molecule has 0 unspecified atom stereocenters. The van der Waals surface area contributed by atoms with Crippen LogP contribution in [0.1, 0.15) is 46.5 Å². The van der Waals surface area contributed by atoms with Crippen LogP contribution >= 0.6 is 0 Å². The summed E-state index contributed by atoms with van der Waals surface area (Å²) >= 11 is 0. The van der Waals surface area contributed by atoms with Gasteiger partial charge in [-0.3, -0.25) is 0 Å². The van der Waals surface area contributed by atoms with Crippen LogP contribution in [0, 0.1) is 0 Å². The highest BCUT2D eigenvalue weighted by molar-refractivity contribution is 4.92. The summed E-state index contributed by atoms with van der Waals surface area (Å²) in [5.74, 6) is -0.435. The monoisotopic (exact) mass is 198 g/mol. The van der Waals surface area contributed by atoms with Crippen LogP contribution in [0.5, 0.6) is 0 Å². The maximum Gasteiger partial charge on any atom is 0.164 e. The number of ether oxygens (including phenoxy) is 2. The Bertz CT molecular complexity index is 187. The van der Waals surface area contributed by atoms with Crippen LogP contribution in [0.3, 0.4) is 0 Å². The fourth-order valence-corrected chi connectivity index (χ4v) is 1.88. The van der Waals surface area contributed by atoms with E-state index in [0.717, 1.165) is 6.42 Å². The second-order valence-corrected chi connectivity index (χ2v) is 4.37. The van der Waals surface area contributed by atoms with E-state index in [9.17, 15) is 0 Å². The van der Waals surface area contributed by atoms with Gasteiger partial charge in [0.05, 0.1) is 6.10 Å². The minimum atomic E-state index is -0.435. The van der Waals surface area contributed by atoms with Gasteiger partial charge in [-0.15, -0.1) is 6.58 Å². The molecule has 0 radical (unpaired) electrons. The maximum absolute atomic E-state index is 5.81. The normalized spacial score (nSPS) is 30.5. The average Bonchev–Trinajstić information content (AvgIpc) is 2.41. The first kappa shape index (κ1) is 11.7. The Morgan fingerprint density at radius 3 is 2.57 bits per heavy atom. The van der Waals surface area contributed by atoms with Gasteiger partial charge in [-0.05, 0) is 20.3 Å². The van der Waals surface area contributed by atoms with Gasteiger partial charge >= 0.3 is 0 Å². The molecule has 0 N–H and O–H groups in total. The molecule has 0 aromatic rings. The van der Waals surface area contributed by atoms with Gasteiger partial charge in [-0.2, -0.15) is 0 Å². The number of unbranched alkanes of at least 4 members (excludes halogenated alkanes) is 2. The zero-order chi connectivity index (χ0) is 10.6. The highest BCUT2D eigenvalue weighted by Crippen LogP contribution is 2.31. The molecule has 1 fully saturated rings. The third kappa shape index (κ3) is 3.10. The van der Waals surface area contributed by atoms with E-state index >= 15 is 0 Å². The minimum absolute atomic E-state index is 0.0712. The molecule has 0 aliphatic carbocycles. The van der Waals surface area contributed by atoms with Gasteiger partial charge in [0.1, 0.15) is 6.10 Å². The van der Waals surface area contributed by atoms with E-state index in [4.69, 9.17) is 9.47 Å². The third-order valence-electron chi connectivity index (χ3n) is 2.55. The van der Waals surface area contributed by atoms with E-state index in [1.54, 1.807) is 0 Å². The topological polar surface area (TPSA) is 18.5 Å². The van der Waals surface area contributed by atoms with Gasteiger partial charge in [-0.25, -0.2) is 0 Å². The molecule has 2 heteroatoms. The molecule has 82 valence electrons. The predicted molar refractivity (Wildman–Crippen MR) is 58.2 cm³/mol. The van der Waals surface area contributed by atoms with Gasteiger partial charge in [-0.1, -0.05) is 32.3 Å². The van der Waals surface area contributed by atoms with Crippen molar-refractivity contribution in [3.63, 3.8) is 0 Å². The predicted octanol–water partition coefficient (Wildman–Crippen LogP) is 3.27. The fraction of sp³-hybridized carbons (Fsp3) is 0.833. The lowest BCUT2D eigenvalue weighted by Gasteiger charge is -2.16. The van der Waals surface area contributed by atoms with Gasteiger partial charge in [0.15, 0.2) is 5.79 Å². The summed E-state index contributed by atoms with van der Waals surface area (Å²) in [6, 6.07) is 0. The summed E-state index contributed by atoms with van der Waals surface area (Å²) in [4.78, 5) is 0. The van der Waals surface area contributed by atoms with Crippen LogP contribution < -0.4 is 0 Å². The van der Waals surface area contributed by atoms with Crippen LogP contribution in [-0.2, 0) is 9.47 Å². The second kappa shape index (κ2) is 4.94. The largest absolute Gasteiger partial charge is 0.344 e. The molecular formula is C12H22O2. The second-order valence-electron chi connectivity index (χ2n) is 4.37. The minimum Gasteiger partial charge on any atom is -0.344 e. The van der Waals surface area contributed by atoms with E-state index in [2.05, 4.69) is 13.5 Å². The molecular weight excluding hydrogens is 176 g/mol. The Morgan fingerprint density at radius 1 is 1.29 bits per heavy atom. The molecule has 1 rings (SSSR count). The molecule has 0 aromatic carbocycles. The SMILES string of the molecule is C=C[C@H]1OC(C)(C)O[C@H]1CCCCC. The number of rotatable bonds is 5. The standard InChI is InChI=1S/C12H22O2/c1-5-7-8-9-11-10(6-2)13-12(3,4)14-11/h6,10-11H,2,5,7-9H2,1,3-4H3/t10-,11+/m1/s1. The summed E-state index contributed by atoms with van der Waals surface area (Å²) in [6.45, 7) is 9.91. The molecule has 0 bridgehead atoms. The van der Waals surface area contributed by atoms with Crippen molar-refractivity contribution in [2.75, 3.05) is 0 Å². The van der Waals surface area contributed by atoms with Gasteiger partial charge in [0.25, 0.3) is 0 Å². The summed E-state index contributed by atoms with van der Waals surface area (Å²) in [7, 11) is 0. The zero-order valence-electron chi connectivity index (χ0n) is 9.58. The van der Waals surface area contributed by atoms with Gasteiger partial charge < -0.3 is 9.47 Å². The Kier molecular flexibility index (Phi) is 4.14. The number of hydrogen-bond donors (Lipinski definition) is 0. The quantitative estimate of drug-likeness (QED) is 0.498. The highest BCUT2D eigenvalue weighted by atomic mass is 16.7. The zero-order valence-corrected chi connectivity index (χ0v) is 9.58. The summed E-state index contributed by atoms with van der Waals surface area (Å²) in [6.07, 6.45) is 6.93. The lowest BCUT2D eigenvalue weighted by Crippen LogP contribution is -2.21. The first-order valence-corrected chi connectivity index (χ1v) is 5.57. The molecule has 2 nitrogen and oxygen atoms in total. The first-order valence-electron chi connectivity index (χ1n) is 5.57. The fourth-order valence-electron chi connectivity index (χ4n) is 1.88. The van der Waals surface area contributed by atoms with E-state index in [1.165, 1.54) is 19.3 Å². The van der Waals surface area contributed by atoms with Crippen LogP contribution in [0.2, 0.25) is 0 Å². The highest BCUT2D eigenvalue weighted by Gasteiger charge is 2.38. The maximum atomic E-state index is 5.81. The smallest absolute Gasteiger partial charge is 0.164 e. The Hall–Kier alpha value is -0.340. The first-order chi connectivity index (χ1) is 6.59. The molecule has 2 atom stereocenters. The Balaban J connectivity index is 2.39. The molecule has 1 saturated heterocycles. The van der Waals surface area contributed by atoms with E-state index in [1.807, 2.05) is 19.9 Å². The molecule has 0 amide bonds. The average molecular weight is 198 g/mol. The van der Waals surface area contributed by atoms with Crippen molar-refractivity contribution in [1.82, 2.24) is 0 Å². The van der Waals surface area contributed by atoms with Crippen LogP contribution in [0.15, 0.2) is 12.7 Å². The van der Waals surface area contributed by atoms with Gasteiger partial charge in [0, 0.05) is 0 Å². The Labute approximate surface area is 87.3 Å². The summed E-state index contributed by atoms with van der Waals surface area (Å²) in [5.41, 5.74) is 0. The van der Waals surface area contributed by atoms with E-state index in [-0.39, 0.29) is 12.2 Å². The molecule has 1 aliphatic heterocycles. The lowest BCUT2D eigenvalue weighted by molar-refractivity contribution is -0.143. The van der Waals surface area contributed by atoms with Crippen LogP contribution in [0.25, 0.3) is 0 Å². The third-order valence-corrected chi connectivity index (χ3v) is 2.55. The summed E-state index contributed by atoms with van der Waals surface area (Å²) < 4.78 is 11.5. The molecule has 1 heterocycles. The van der Waals surface area contributed by atoms with Crippen LogP contribution in [-0.4, -0.2) is 18.0 Å². The van der Waals surface area contributed by atoms with Crippen molar-refractivity contribution < 1.29 is 9.47 Å². The van der Waals surface area contributed by atoms with Crippen molar-refractivity contribution in [1.29, 1.82) is 0 Å². The van der Waals surface area contributed by atoms with Crippen molar-refractivity contribution in [3.8, 4) is 0 Å².